The second kappa shape index (κ2) is 3.09. The Bertz CT molecular complexity index is 126. The molecule has 0 heterocycles. The molecule has 0 unspecified atom stereocenters. The maximum Gasteiger partial charge on any atom is -0.0406 e. The smallest absolute Gasteiger partial charge is 0.0406 e. The summed E-state index contributed by atoms with van der Waals surface area (Å²) in [6.45, 7) is 5.00. The molecule has 0 aromatic heterocycles. The number of nitrogens with one attached hydrogen (secondary N) is 1. The van der Waals surface area contributed by atoms with Gasteiger partial charge in [0.2, 0.25) is 0 Å². The van der Waals surface area contributed by atoms with Crippen molar-refractivity contribution in [2.24, 2.45) is 23.7 Å². The fraction of sp³-hybridized carbons (Fsp3) is 0.909. The van der Waals surface area contributed by atoms with Crippen LogP contribution < -0.4 is 5.26 Å². The van der Waals surface area contributed by atoms with Gasteiger partial charge in [0, 0.05) is 0 Å². The lowest BCUT2D eigenvalue weighted by Gasteiger charge is -2.49. The lowest BCUT2D eigenvalue weighted by atomic mass is 9.56. The molecule has 0 radical (unpaired) electrons. The average molecular weight is 163 g/mol. The van der Waals surface area contributed by atoms with Crippen LogP contribution in [0.1, 0.15) is 38.5 Å². The van der Waals surface area contributed by atoms with Crippen molar-refractivity contribution in [3.8, 4) is 0 Å². The summed E-state index contributed by atoms with van der Waals surface area (Å²) in [6, 6.07) is 0. The highest BCUT2D eigenvalue weighted by Crippen LogP contribution is 2.53. The molecule has 12 heavy (non-hydrogen) atoms. The van der Waals surface area contributed by atoms with E-state index in [1.54, 1.807) is 38.5 Å². The molecule has 0 aromatic rings. The molecule has 1 N–H and O–H groups in total. The van der Waals surface area contributed by atoms with Crippen LogP contribution in [0.3, 0.4) is 0 Å². The molecule has 4 fully saturated rings. The van der Waals surface area contributed by atoms with E-state index in [0.717, 1.165) is 0 Å². The van der Waals surface area contributed by atoms with E-state index in [1.165, 1.54) is 23.7 Å². The number of hydrogen-bond donors (Lipinski definition) is 1. The fourth-order valence-corrected chi connectivity index (χ4v) is 3.98. The molecule has 0 amide bonds. The number of hydrogen-bond acceptors (Lipinski definition) is 0. The molecule has 4 bridgehead atoms. The van der Waals surface area contributed by atoms with E-state index in [2.05, 4.69) is 0 Å². The van der Waals surface area contributed by atoms with Gasteiger partial charge in [-0.1, -0.05) is 0 Å². The molecule has 4 aliphatic carbocycles. The van der Waals surface area contributed by atoms with E-state index in [1.807, 2.05) is 0 Å². The van der Waals surface area contributed by atoms with Crippen LogP contribution in [0, 0.1) is 30.2 Å². The van der Waals surface area contributed by atoms with Crippen LogP contribution in [0.15, 0.2) is 0 Å². The zero-order chi connectivity index (χ0) is 8.55. The highest BCUT2D eigenvalue weighted by atomic mass is 14.5. The van der Waals surface area contributed by atoms with E-state index >= 15 is 0 Å². The second-order valence-electron chi connectivity index (χ2n) is 4.88. The van der Waals surface area contributed by atoms with Gasteiger partial charge in [-0.3, -0.25) is 0 Å². The lowest BCUT2D eigenvalue weighted by molar-refractivity contribution is -0.0997. The van der Waals surface area contributed by atoms with Crippen LogP contribution >= 0.6 is 0 Å². The molecule has 66 valence electrons. The minimum Gasteiger partial charge on any atom is -0.335 e. The third kappa shape index (κ3) is 1.24. The standard InChI is InChI=1S/C10H16.CHN/c1-7-2-9-4-8(1)5-10(3-7)6-9;1-2/h7-10H,1-6H2;2H. The van der Waals surface area contributed by atoms with Crippen molar-refractivity contribution in [1.29, 1.82) is 0 Å². The molecule has 0 spiro atoms. The lowest BCUT2D eigenvalue weighted by Crippen LogP contribution is -2.38. The molecule has 4 rings (SSSR count). The molecule has 1 heteroatoms. The van der Waals surface area contributed by atoms with E-state index in [9.17, 15) is 0 Å². The van der Waals surface area contributed by atoms with Gasteiger partial charge in [-0.25, -0.2) is 6.57 Å². The van der Waals surface area contributed by atoms with Gasteiger partial charge in [-0.05, 0) is 62.2 Å². The molecule has 4 aliphatic rings. The molecule has 0 aromatic carbocycles. The third-order valence-corrected chi connectivity index (χ3v) is 4.00. The summed E-state index contributed by atoms with van der Waals surface area (Å²) >= 11 is 0. The SMILES string of the molecule is C1C2CC3CC1CC(C2)C3.[C-]#[NH+]. The highest BCUT2D eigenvalue weighted by molar-refractivity contribution is 4.92. The van der Waals surface area contributed by atoms with Gasteiger partial charge in [0.15, 0.2) is 0 Å². The summed E-state index contributed by atoms with van der Waals surface area (Å²) in [5.41, 5.74) is 0. The molecule has 4 saturated carbocycles. The molecule has 0 aliphatic heterocycles. The molecule has 1 nitrogen and oxygen atoms in total. The Morgan fingerprint density at radius 2 is 0.750 bits per heavy atom. The summed E-state index contributed by atoms with van der Waals surface area (Å²) in [7, 11) is 0. The monoisotopic (exact) mass is 163 g/mol. The Kier molecular flexibility index (Phi) is 2.09. The largest absolute Gasteiger partial charge is 0.335 e. The molecular formula is C11H17N. The van der Waals surface area contributed by atoms with Crippen molar-refractivity contribution in [2.45, 2.75) is 38.5 Å². The minimum absolute atomic E-state index is 1.18. The fourth-order valence-electron chi connectivity index (χ4n) is 3.98. The summed E-state index contributed by atoms with van der Waals surface area (Å²) in [5.74, 6) is 4.71. The van der Waals surface area contributed by atoms with Gasteiger partial charge >= 0.3 is 0 Å². The minimum atomic E-state index is 1.18. The third-order valence-electron chi connectivity index (χ3n) is 4.00. The second-order valence-corrected chi connectivity index (χ2v) is 4.88. The van der Waals surface area contributed by atoms with E-state index in [0.29, 0.717) is 0 Å². The van der Waals surface area contributed by atoms with E-state index in [-0.39, 0.29) is 0 Å². The number of rotatable bonds is 0. The van der Waals surface area contributed by atoms with Crippen LogP contribution in [0.25, 0.3) is 0 Å². The Morgan fingerprint density at radius 1 is 0.583 bits per heavy atom. The topological polar surface area (TPSA) is 23.8 Å². The Hall–Kier alpha value is -0.510. The predicted octanol–water partition coefficient (Wildman–Crippen LogP) is 1.18. The summed E-state index contributed by atoms with van der Waals surface area (Å²) in [5, 5.41) is 5.00. The first-order valence-electron chi connectivity index (χ1n) is 5.15. The summed E-state index contributed by atoms with van der Waals surface area (Å²) in [6.07, 6.45) is 9.62. The maximum atomic E-state index is 5.00. The molecule has 0 atom stereocenters. The summed E-state index contributed by atoms with van der Waals surface area (Å²) < 4.78 is 0. The van der Waals surface area contributed by atoms with Crippen LogP contribution in [-0.2, 0) is 0 Å². The first-order valence-corrected chi connectivity index (χ1v) is 5.15. The maximum absolute atomic E-state index is 5.00. The first kappa shape index (κ1) is 8.10. The van der Waals surface area contributed by atoms with E-state index < -0.39 is 0 Å². The first-order chi connectivity index (χ1) is 5.90. The van der Waals surface area contributed by atoms with Gasteiger partial charge < -0.3 is 5.26 Å². The van der Waals surface area contributed by atoms with Crippen molar-refractivity contribution >= 4 is 0 Å². The highest BCUT2D eigenvalue weighted by Gasteiger charge is 2.41. The van der Waals surface area contributed by atoms with Crippen molar-refractivity contribution in [3.63, 3.8) is 0 Å². The van der Waals surface area contributed by atoms with Gasteiger partial charge in [0.1, 0.15) is 0 Å². The van der Waals surface area contributed by atoms with Crippen LogP contribution in [-0.4, -0.2) is 0 Å². The van der Waals surface area contributed by atoms with Crippen molar-refractivity contribution in [2.75, 3.05) is 0 Å². The molecular weight excluding hydrogens is 146 g/mol. The Balaban J connectivity index is 0.000000264. The quantitative estimate of drug-likeness (QED) is 0.518. The van der Waals surface area contributed by atoms with Gasteiger partial charge in [-0.2, -0.15) is 0 Å². The van der Waals surface area contributed by atoms with Crippen LogP contribution in [0.4, 0.5) is 0 Å². The van der Waals surface area contributed by atoms with Gasteiger partial charge in [0.05, 0.1) is 0 Å². The van der Waals surface area contributed by atoms with Crippen LogP contribution in [0.2, 0.25) is 0 Å². The molecule has 0 saturated heterocycles. The van der Waals surface area contributed by atoms with Crippen molar-refractivity contribution in [3.05, 3.63) is 6.57 Å². The van der Waals surface area contributed by atoms with Crippen molar-refractivity contribution in [1.82, 2.24) is 0 Å². The van der Waals surface area contributed by atoms with Crippen LogP contribution in [0.5, 0.6) is 0 Å². The van der Waals surface area contributed by atoms with E-state index in [4.69, 9.17) is 11.8 Å². The van der Waals surface area contributed by atoms with Gasteiger partial charge in [-0.15, -0.1) is 0 Å². The average Bonchev–Trinajstić information content (AvgIpc) is 2.05. The summed E-state index contributed by atoms with van der Waals surface area (Å²) in [4.78, 5) is 0. The van der Waals surface area contributed by atoms with Crippen molar-refractivity contribution < 1.29 is 5.26 Å². The normalized spacial score (nSPS) is 48.2. The Labute approximate surface area is 74.8 Å². The predicted molar refractivity (Wildman–Crippen MR) is 45.9 cm³/mol. The Morgan fingerprint density at radius 3 is 0.917 bits per heavy atom. The zero-order valence-electron chi connectivity index (χ0n) is 7.55. The zero-order valence-corrected chi connectivity index (χ0v) is 7.55. The van der Waals surface area contributed by atoms with Gasteiger partial charge in [0.25, 0.3) is 0 Å².